The Bertz CT molecular complexity index is 565. The molecule has 2 rings (SSSR count). The Morgan fingerprint density at radius 3 is 2.79 bits per heavy atom. The first-order valence-corrected chi connectivity index (χ1v) is 7.96. The molecule has 0 fully saturated rings. The molecule has 1 unspecified atom stereocenters. The third-order valence-corrected chi connectivity index (χ3v) is 5.35. The second-order valence-electron chi connectivity index (χ2n) is 4.24. The maximum absolute atomic E-state index is 14.2. The first kappa shape index (κ1) is 15.0. The van der Waals surface area contributed by atoms with Crippen molar-refractivity contribution in [2.45, 2.75) is 19.9 Å². The van der Waals surface area contributed by atoms with Gasteiger partial charge in [0.05, 0.1) is 14.9 Å². The fourth-order valence-corrected chi connectivity index (χ4v) is 3.78. The molecule has 1 atom stereocenters. The predicted octanol–water partition coefficient (Wildman–Crippen LogP) is 5.31. The summed E-state index contributed by atoms with van der Waals surface area (Å²) in [6.07, 6.45) is 0. The Morgan fingerprint density at radius 2 is 2.21 bits per heavy atom. The summed E-state index contributed by atoms with van der Waals surface area (Å²) >= 11 is 11.0. The molecule has 1 aromatic heterocycles. The monoisotopic (exact) mass is 361 g/mol. The maximum atomic E-state index is 14.2. The Morgan fingerprint density at radius 1 is 1.47 bits per heavy atom. The molecule has 0 saturated heterocycles. The van der Waals surface area contributed by atoms with E-state index in [9.17, 15) is 4.39 Å². The van der Waals surface area contributed by atoms with E-state index < -0.39 is 0 Å². The molecule has 0 amide bonds. The van der Waals surface area contributed by atoms with Gasteiger partial charge in [0.15, 0.2) is 0 Å². The normalized spacial score (nSPS) is 12.7. The van der Waals surface area contributed by atoms with Gasteiger partial charge in [-0.25, -0.2) is 4.39 Å². The van der Waals surface area contributed by atoms with Crippen LogP contribution in [0.2, 0.25) is 5.02 Å². The van der Waals surface area contributed by atoms with Crippen molar-refractivity contribution < 1.29 is 4.39 Å². The van der Waals surface area contributed by atoms with E-state index in [1.54, 1.807) is 29.5 Å². The van der Waals surface area contributed by atoms with Crippen molar-refractivity contribution in [3.8, 4) is 0 Å². The lowest BCUT2D eigenvalue weighted by molar-refractivity contribution is 0.563. The summed E-state index contributed by atoms with van der Waals surface area (Å²) in [5, 5.41) is 3.47. The zero-order chi connectivity index (χ0) is 14.0. The van der Waals surface area contributed by atoms with E-state index in [2.05, 4.69) is 27.3 Å². The minimum absolute atomic E-state index is 0.160. The van der Waals surface area contributed by atoms with Crippen molar-refractivity contribution in [2.24, 2.45) is 0 Å². The number of hydrogen-bond acceptors (Lipinski definition) is 2. The molecule has 1 heterocycles. The van der Waals surface area contributed by atoms with Gasteiger partial charge in [0.25, 0.3) is 0 Å². The maximum Gasteiger partial charge on any atom is 0.146 e. The van der Waals surface area contributed by atoms with E-state index in [0.717, 1.165) is 20.8 Å². The predicted molar refractivity (Wildman–Crippen MR) is 83.7 cm³/mol. The molecule has 102 valence electrons. The van der Waals surface area contributed by atoms with Crippen molar-refractivity contribution >= 4 is 38.9 Å². The topological polar surface area (TPSA) is 12.0 Å². The average Bonchev–Trinajstić information content (AvgIpc) is 2.70. The Kier molecular flexibility index (Phi) is 5.01. The summed E-state index contributed by atoms with van der Waals surface area (Å²) in [7, 11) is 0. The van der Waals surface area contributed by atoms with Crippen molar-refractivity contribution in [3.05, 3.63) is 54.9 Å². The quantitative estimate of drug-likeness (QED) is 0.777. The SMILES string of the molecule is CCNC(c1cc(C)c(Br)s1)c1cccc(Cl)c1F. The van der Waals surface area contributed by atoms with Gasteiger partial charge in [0, 0.05) is 10.4 Å². The van der Waals surface area contributed by atoms with E-state index in [0.29, 0.717) is 5.56 Å². The molecule has 0 saturated carbocycles. The van der Waals surface area contributed by atoms with Crippen LogP contribution in [0.15, 0.2) is 28.1 Å². The van der Waals surface area contributed by atoms with Crippen molar-refractivity contribution in [3.63, 3.8) is 0 Å². The van der Waals surface area contributed by atoms with Crippen LogP contribution in [0.1, 0.15) is 29.0 Å². The van der Waals surface area contributed by atoms with Crippen molar-refractivity contribution in [2.75, 3.05) is 6.54 Å². The Labute approximate surface area is 129 Å². The highest BCUT2D eigenvalue weighted by Crippen LogP contribution is 2.36. The lowest BCUT2D eigenvalue weighted by atomic mass is 10.0. The summed E-state index contributed by atoms with van der Waals surface area (Å²) in [6, 6.07) is 7.03. The van der Waals surface area contributed by atoms with Gasteiger partial charge in [0.2, 0.25) is 0 Å². The third kappa shape index (κ3) is 3.19. The molecule has 1 N–H and O–H groups in total. The lowest BCUT2D eigenvalue weighted by Gasteiger charge is -2.18. The molecular weight excluding hydrogens is 349 g/mol. The van der Waals surface area contributed by atoms with Crippen LogP contribution in [0.25, 0.3) is 0 Å². The van der Waals surface area contributed by atoms with Crippen LogP contribution >= 0.6 is 38.9 Å². The standard InChI is InChI=1S/C14H14BrClFNS/c1-3-18-13(11-7-8(2)14(15)19-11)9-5-4-6-10(16)12(9)17/h4-7,13,18H,3H2,1-2H3. The van der Waals surface area contributed by atoms with Gasteiger partial charge in [-0.05, 0) is 47.1 Å². The first-order valence-electron chi connectivity index (χ1n) is 5.97. The highest BCUT2D eigenvalue weighted by atomic mass is 79.9. The van der Waals surface area contributed by atoms with Crippen molar-refractivity contribution in [1.29, 1.82) is 0 Å². The van der Waals surface area contributed by atoms with Crippen LogP contribution in [0.3, 0.4) is 0 Å². The highest BCUT2D eigenvalue weighted by molar-refractivity contribution is 9.11. The van der Waals surface area contributed by atoms with E-state index in [-0.39, 0.29) is 16.9 Å². The summed E-state index contributed by atoms with van der Waals surface area (Å²) < 4.78 is 15.3. The van der Waals surface area contributed by atoms with Crippen LogP contribution in [-0.2, 0) is 0 Å². The molecule has 0 spiro atoms. The largest absolute Gasteiger partial charge is 0.306 e. The number of halogens is 3. The zero-order valence-electron chi connectivity index (χ0n) is 10.6. The number of thiophene rings is 1. The average molecular weight is 363 g/mol. The molecule has 1 nitrogen and oxygen atoms in total. The van der Waals surface area contributed by atoms with Gasteiger partial charge < -0.3 is 5.32 Å². The smallest absolute Gasteiger partial charge is 0.146 e. The van der Waals surface area contributed by atoms with E-state index >= 15 is 0 Å². The Hall–Kier alpha value is -0.420. The summed E-state index contributed by atoms with van der Waals surface area (Å²) in [5.41, 5.74) is 1.74. The molecule has 0 aliphatic heterocycles. The number of benzene rings is 1. The highest BCUT2D eigenvalue weighted by Gasteiger charge is 2.21. The van der Waals surface area contributed by atoms with Gasteiger partial charge in [0.1, 0.15) is 5.82 Å². The van der Waals surface area contributed by atoms with Crippen LogP contribution in [-0.4, -0.2) is 6.54 Å². The van der Waals surface area contributed by atoms with E-state index in [1.807, 2.05) is 13.8 Å². The minimum Gasteiger partial charge on any atom is -0.306 e. The Balaban J connectivity index is 2.48. The van der Waals surface area contributed by atoms with E-state index in [1.165, 1.54) is 0 Å². The van der Waals surface area contributed by atoms with Gasteiger partial charge in [-0.2, -0.15) is 0 Å². The van der Waals surface area contributed by atoms with Crippen LogP contribution in [0.5, 0.6) is 0 Å². The van der Waals surface area contributed by atoms with Gasteiger partial charge >= 0.3 is 0 Å². The molecule has 19 heavy (non-hydrogen) atoms. The van der Waals surface area contributed by atoms with Gasteiger partial charge in [-0.15, -0.1) is 11.3 Å². The molecule has 0 aliphatic carbocycles. The molecule has 1 aromatic carbocycles. The fourth-order valence-electron chi connectivity index (χ4n) is 1.94. The minimum atomic E-state index is -0.350. The van der Waals surface area contributed by atoms with Crippen LogP contribution in [0, 0.1) is 12.7 Å². The molecule has 2 aromatic rings. The number of nitrogens with one attached hydrogen (secondary N) is 1. The van der Waals surface area contributed by atoms with Gasteiger partial charge in [-0.3, -0.25) is 0 Å². The number of rotatable bonds is 4. The third-order valence-electron chi connectivity index (χ3n) is 2.86. The van der Waals surface area contributed by atoms with Crippen LogP contribution in [0.4, 0.5) is 4.39 Å². The summed E-state index contributed by atoms with van der Waals surface area (Å²) in [6.45, 7) is 4.79. The van der Waals surface area contributed by atoms with E-state index in [4.69, 9.17) is 11.6 Å². The zero-order valence-corrected chi connectivity index (χ0v) is 13.8. The molecule has 5 heteroatoms. The summed E-state index contributed by atoms with van der Waals surface area (Å²) in [4.78, 5) is 1.08. The fraction of sp³-hybridized carbons (Fsp3) is 0.286. The lowest BCUT2D eigenvalue weighted by Crippen LogP contribution is -2.22. The number of aryl methyl sites for hydroxylation is 1. The second-order valence-corrected chi connectivity index (χ2v) is 7.05. The van der Waals surface area contributed by atoms with Gasteiger partial charge in [-0.1, -0.05) is 30.7 Å². The van der Waals surface area contributed by atoms with Crippen molar-refractivity contribution in [1.82, 2.24) is 5.32 Å². The molecule has 0 aliphatic rings. The van der Waals surface area contributed by atoms with Crippen LogP contribution < -0.4 is 5.32 Å². The molecular formula is C14H14BrClFNS. The second kappa shape index (κ2) is 6.35. The first-order chi connectivity index (χ1) is 9.04. The molecule has 0 radical (unpaired) electrons. The molecule has 0 bridgehead atoms. The summed E-state index contributed by atoms with van der Waals surface area (Å²) in [5.74, 6) is -0.350. The number of hydrogen-bond donors (Lipinski definition) is 1.